The van der Waals surface area contributed by atoms with Crippen molar-refractivity contribution < 1.29 is 26.5 Å². The van der Waals surface area contributed by atoms with Crippen LogP contribution in [0.1, 0.15) is 123 Å². The van der Waals surface area contributed by atoms with Gasteiger partial charge in [-0.05, 0) is 24.1 Å². The van der Waals surface area contributed by atoms with E-state index in [2.05, 4.69) is 21.1 Å². The predicted molar refractivity (Wildman–Crippen MR) is 174 cm³/mol. The number of pyridine rings is 1. The van der Waals surface area contributed by atoms with Crippen LogP contribution in [0.5, 0.6) is 5.75 Å². The normalized spacial score (nSPS) is 12.3. The molecule has 0 aliphatic carbocycles. The molecule has 0 spiro atoms. The molecule has 0 amide bonds. The van der Waals surface area contributed by atoms with E-state index in [9.17, 15) is 13.0 Å². The highest BCUT2D eigenvalue weighted by Gasteiger charge is 2.16. The summed E-state index contributed by atoms with van der Waals surface area (Å²) in [6, 6.07) is 11.5. The van der Waals surface area contributed by atoms with E-state index in [0.29, 0.717) is 5.82 Å². The Morgan fingerprint density at radius 2 is 1.16 bits per heavy atom. The lowest BCUT2D eigenvalue weighted by Crippen LogP contribution is -2.39. The van der Waals surface area contributed by atoms with Crippen LogP contribution in [0, 0.1) is 0 Å². The molecular weight excluding hydrogens is 574 g/mol. The van der Waals surface area contributed by atoms with Gasteiger partial charge in [-0.1, -0.05) is 115 Å². The highest BCUT2D eigenvalue weighted by Crippen LogP contribution is 2.23. The van der Waals surface area contributed by atoms with Gasteiger partial charge in [-0.3, -0.25) is 0 Å². The van der Waals surface area contributed by atoms with E-state index in [1.54, 1.807) is 36.9 Å². The molecule has 0 fully saturated rings. The van der Waals surface area contributed by atoms with Crippen molar-refractivity contribution in [2.45, 2.75) is 123 Å². The van der Waals surface area contributed by atoms with Crippen molar-refractivity contribution >= 4 is 10.4 Å². The van der Waals surface area contributed by atoms with E-state index in [-0.39, 0.29) is 0 Å². The molecule has 2 aromatic heterocycles. The Morgan fingerprint density at radius 3 is 1.64 bits per heavy atom. The molecule has 9 heteroatoms. The summed E-state index contributed by atoms with van der Waals surface area (Å²) in [6.07, 6.45) is 27.6. The molecule has 3 rings (SSSR count). The Labute approximate surface area is 265 Å². The molecule has 242 valence electrons. The molecule has 0 aliphatic heterocycles. The van der Waals surface area contributed by atoms with Crippen molar-refractivity contribution in [1.29, 1.82) is 0 Å². The van der Waals surface area contributed by atoms with Gasteiger partial charge in [-0.15, -0.1) is 0 Å². The quantitative estimate of drug-likeness (QED) is 0.0449. The summed E-state index contributed by atoms with van der Waals surface area (Å²) in [5.41, 5.74) is 2.65. The minimum absolute atomic E-state index is 0.532. The van der Waals surface area contributed by atoms with Gasteiger partial charge in [0.25, 0.3) is 6.23 Å². The Bertz CT molecular complexity index is 1280. The van der Waals surface area contributed by atoms with Crippen LogP contribution in [0.25, 0.3) is 22.5 Å². The SMILES string of the molecule is CCCCCCCCCCCCCCCCCCOc1ccc(-c2cnc(-c3cc[n+](C(C)OS(=O)(=O)[O-])cc3)nc2)cc1. The van der Waals surface area contributed by atoms with E-state index >= 15 is 0 Å². The predicted octanol–water partition coefficient (Wildman–Crippen LogP) is 8.73. The van der Waals surface area contributed by atoms with Crippen LogP contribution in [-0.2, 0) is 14.6 Å². The summed E-state index contributed by atoms with van der Waals surface area (Å²) in [5, 5.41) is 0. The van der Waals surface area contributed by atoms with Crippen LogP contribution in [-0.4, -0.2) is 29.5 Å². The van der Waals surface area contributed by atoms with Gasteiger partial charge < -0.3 is 9.29 Å². The van der Waals surface area contributed by atoms with E-state index in [0.717, 1.165) is 35.5 Å². The third-order valence-corrected chi connectivity index (χ3v) is 8.41. The molecule has 0 radical (unpaired) electrons. The average Bonchev–Trinajstić information content (AvgIpc) is 3.02. The number of hydrogen-bond donors (Lipinski definition) is 0. The van der Waals surface area contributed by atoms with Gasteiger partial charge in [-0.25, -0.2) is 22.6 Å². The molecular formula is C35H51N3O5S. The van der Waals surface area contributed by atoms with Crippen molar-refractivity contribution in [3.8, 4) is 28.3 Å². The smallest absolute Gasteiger partial charge is 0.274 e. The number of aromatic nitrogens is 3. The van der Waals surface area contributed by atoms with Crippen LogP contribution in [0.2, 0.25) is 0 Å². The molecule has 44 heavy (non-hydrogen) atoms. The van der Waals surface area contributed by atoms with Gasteiger partial charge in [0.2, 0.25) is 10.4 Å². The Morgan fingerprint density at radius 1 is 0.682 bits per heavy atom. The van der Waals surface area contributed by atoms with Crippen LogP contribution < -0.4 is 9.30 Å². The van der Waals surface area contributed by atoms with E-state index in [1.807, 2.05) is 24.3 Å². The maximum Gasteiger partial charge on any atom is 0.274 e. The van der Waals surface area contributed by atoms with E-state index in [1.165, 1.54) is 108 Å². The second-order valence-electron chi connectivity index (χ2n) is 11.6. The average molecular weight is 626 g/mol. The molecule has 0 bridgehead atoms. The number of ether oxygens (including phenoxy) is 1. The molecule has 3 aromatic rings. The maximum absolute atomic E-state index is 10.8. The lowest BCUT2D eigenvalue weighted by atomic mass is 10.0. The lowest BCUT2D eigenvalue weighted by Gasteiger charge is -2.11. The fourth-order valence-electron chi connectivity index (χ4n) is 5.26. The number of benzene rings is 1. The first kappa shape index (κ1) is 35.6. The lowest BCUT2D eigenvalue weighted by molar-refractivity contribution is -0.750. The van der Waals surface area contributed by atoms with Crippen LogP contribution >= 0.6 is 0 Å². The zero-order chi connectivity index (χ0) is 31.5. The molecule has 1 atom stereocenters. The van der Waals surface area contributed by atoms with Gasteiger partial charge in [0.15, 0.2) is 18.2 Å². The second kappa shape index (κ2) is 20.2. The summed E-state index contributed by atoms with van der Waals surface area (Å²) in [6.45, 7) is 4.49. The Hall–Kier alpha value is -2.88. The first-order valence-corrected chi connectivity index (χ1v) is 17.9. The molecule has 1 aromatic carbocycles. The maximum atomic E-state index is 10.8. The van der Waals surface area contributed by atoms with Crippen molar-refractivity contribution in [2.24, 2.45) is 0 Å². The fourth-order valence-corrected chi connectivity index (χ4v) is 5.70. The first-order valence-electron chi connectivity index (χ1n) is 16.6. The second-order valence-corrected chi connectivity index (χ2v) is 12.6. The van der Waals surface area contributed by atoms with Crippen molar-refractivity contribution in [3.05, 3.63) is 61.2 Å². The zero-order valence-electron chi connectivity index (χ0n) is 26.7. The van der Waals surface area contributed by atoms with Crippen molar-refractivity contribution in [1.82, 2.24) is 9.97 Å². The third-order valence-electron chi connectivity index (χ3n) is 7.89. The van der Waals surface area contributed by atoms with Gasteiger partial charge in [0.05, 0.1) is 6.61 Å². The van der Waals surface area contributed by atoms with Crippen LogP contribution in [0.3, 0.4) is 0 Å². The molecule has 0 saturated carbocycles. The third kappa shape index (κ3) is 14.3. The molecule has 0 saturated heterocycles. The van der Waals surface area contributed by atoms with Gasteiger partial charge in [-0.2, -0.15) is 4.57 Å². The largest absolute Gasteiger partial charge is 0.725 e. The molecule has 0 N–H and O–H groups in total. The molecule has 8 nitrogen and oxygen atoms in total. The van der Waals surface area contributed by atoms with E-state index in [4.69, 9.17) is 4.74 Å². The first-order chi connectivity index (χ1) is 21.4. The number of nitrogens with zero attached hydrogens (tertiary/aromatic N) is 3. The summed E-state index contributed by atoms with van der Waals surface area (Å²) in [5.74, 6) is 1.40. The van der Waals surface area contributed by atoms with Gasteiger partial charge in [0.1, 0.15) is 5.75 Å². The standard InChI is InChI=1S/C35H51N3O5S/c1-3-4-5-6-7-8-9-10-11-12-13-14-15-16-17-18-27-42-34-21-19-31(20-22-34)33-28-36-35(37-29-33)32-23-25-38(26-24-32)30(2)43-44(39,40)41/h19-26,28-30H,3-18,27H2,1-2H3. The van der Waals surface area contributed by atoms with Gasteiger partial charge in [0, 0.05) is 42.6 Å². The zero-order valence-corrected chi connectivity index (χ0v) is 27.5. The van der Waals surface area contributed by atoms with Crippen molar-refractivity contribution in [2.75, 3.05) is 6.61 Å². The molecule has 0 aliphatic rings. The monoisotopic (exact) mass is 625 g/mol. The fraction of sp³-hybridized carbons (Fsp3) is 0.571. The summed E-state index contributed by atoms with van der Waals surface area (Å²) >= 11 is 0. The summed E-state index contributed by atoms with van der Waals surface area (Å²) < 4.78 is 44.3. The minimum Gasteiger partial charge on any atom is -0.725 e. The minimum atomic E-state index is -4.79. The highest BCUT2D eigenvalue weighted by molar-refractivity contribution is 7.80. The van der Waals surface area contributed by atoms with Gasteiger partial charge >= 0.3 is 0 Å². The Kier molecular flexibility index (Phi) is 16.3. The number of rotatable bonds is 23. The van der Waals surface area contributed by atoms with E-state index < -0.39 is 16.6 Å². The summed E-state index contributed by atoms with van der Waals surface area (Å²) in [7, 11) is -4.79. The molecule has 1 unspecified atom stereocenters. The highest BCUT2D eigenvalue weighted by atomic mass is 32.3. The van der Waals surface area contributed by atoms with Crippen LogP contribution in [0.4, 0.5) is 0 Å². The number of unbranched alkanes of at least 4 members (excludes halogenated alkanes) is 15. The molecule has 2 heterocycles. The summed E-state index contributed by atoms with van der Waals surface area (Å²) in [4.78, 5) is 8.96. The van der Waals surface area contributed by atoms with Crippen LogP contribution in [0.15, 0.2) is 61.2 Å². The van der Waals surface area contributed by atoms with Crippen molar-refractivity contribution in [3.63, 3.8) is 0 Å². The topological polar surface area (TPSA) is 105 Å². The number of hydrogen-bond acceptors (Lipinski definition) is 7. The Balaban J connectivity index is 1.25.